The monoisotopic (exact) mass is 531 g/mol. The Morgan fingerprint density at radius 1 is 1.22 bits per heavy atom. The van der Waals surface area contributed by atoms with Gasteiger partial charge in [0.15, 0.2) is 5.75 Å². The van der Waals surface area contributed by atoms with Crippen molar-refractivity contribution in [3.63, 3.8) is 0 Å². The van der Waals surface area contributed by atoms with E-state index in [1.807, 2.05) is 10.6 Å². The molecular formula is C26H29NO7S2. The number of pyridine rings is 1. The number of ether oxygens (including phenoxy) is 2. The molecule has 0 amide bonds. The van der Waals surface area contributed by atoms with Gasteiger partial charge in [0, 0.05) is 33.5 Å². The van der Waals surface area contributed by atoms with Crippen LogP contribution in [0.15, 0.2) is 29.2 Å². The molecule has 8 nitrogen and oxygen atoms in total. The van der Waals surface area contributed by atoms with E-state index in [2.05, 4.69) is 6.07 Å². The maximum Gasteiger partial charge on any atom is 0.343 e. The summed E-state index contributed by atoms with van der Waals surface area (Å²) in [4.78, 5) is 28.0. The molecule has 0 radical (unpaired) electrons. The first-order chi connectivity index (χ1) is 17.2. The number of benzene rings is 1. The highest BCUT2D eigenvalue weighted by atomic mass is 32.2. The molecule has 10 heteroatoms. The molecule has 3 aromatic rings. The summed E-state index contributed by atoms with van der Waals surface area (Å²) in [6.07, 6.45) is 7.38. The van der Waals surface area contributed by atoms with Crippen LogP contribution < -0.4 is 10.2 Å². The average molecular weight is 532 g/mol. The summed E-state index contributed by atoms with van der Waals surface area (Å²) >= 11 is 1.67. The van der Waals surface area contributed by atoms with Gasteiger partial charge in [-0.15, -0.1) is 11.3 Å². The zero-order chi connectivity index (χ0) is 25.6. The number of carbonyl (C=O) groups excluding carboxylic acids is 1. The summed E-state index contributed by atoms with van der Waals surface area (Å²) in [6, 6.07) is 5.93. The van der Waals surface area contributed by atoms with E-state index in [0.29, 0.717) is 16.7 Å². The van der Waals surface area contributed by atoms with Crippen molar-refractivity contribution < 1.29 is 26.9 Å². The highest BCUT2D eigenvalue weighted by molar-refractivity contribution is 7.85. The topological polar surface area (TPSA) is 101 Å². The Bertz CT molecular complexity index is 1500. The minimum Gasteiger partial charge on any atom is -0.494 e. The normalized spacial score (nSPS) is 17.7. The molecule has 0 spiro atoms. The van der Waals surface area contributed by atoms with Crippen molar-refractivity contribution in [3.8, 4) is 16.2 Å². The van der Waals surface area contributed by atoms with Gasteiger partial charge in [-0.05, 0) is 62.8 Å². The van der Waals surface area contributed by atoms with Gasteiger partial charge in [0.05, 0.1) is 37.5 Å². The Morgan fingerprint density at radius 3 is 2.67 bits per heavy atom. The van der Waals surface area contributed by atoms with Crippen molar-refractivity contribution in [1.29, 1.82) is 0 Å². The first-order valence-electron chi connectivity index (χ1n) is 12.1. The summed E-state index contributed by atoms with van der Waals surface area (Å²) in [5.74, 6) is -0.0127. The standard InChI is InChI=1S/C26H29NO7S2/c1-4-33-26(29)20-13-27(16-8-9-16)23-18(24(20)28)11-10-17(25(23)32-2)22-12-19-15(14-34-36(3,30)31)6-5-7-21(19)35-22/h10-13,15-16H,4-9,14H2,1-3H3. The Balaban J connectivity index is 1.63. The van der Waals surface area contributed by atoms with Gasteiger partial charge in [-0.1, -0.05) is 0 Å². The number of fused-ring (bicyclic) bond motifs is 2. The van der Waals surface area contributed by atoms with Crippen molar-refractivity contribution >= 4 is 38.3 Å². The Labute approximate surface area is 213 Å². The van der Waals surface area contributed by atoms with E-state index >= 15 is 0 Å². The summed E-state index contributed by atoms with van der Waals surface area (Å²) in [6.45, 7) is 2.04. The van der Waals surface area contributed by atoms with Crippen molar-refractivity contribution in [1.82, 2.24) is 4.57 Å². The van der Waals surface area contributed by atoms with Crippen LogP contribution in [0, 0.1) is 0 Å². The van der Waals surface area contributed by atoms with Gasteiger partial charge in [-0.2, -0.15) is 8.42 Å². The molecule has 0 saturated heterocycles. The lowest BCUT2D eigenvalue weighted by Gasteiger charge is -2.21. The van der Waals surface area contributed by atoms with E-state index in [-0.39, 0.29) is 36.2 Å². The molecule has 1 fully saturated rings. The molecule has 1 saturated carbocycles. The lowest BCUT2D eigenvalue weighted by molar-refractivity contribution is 0.0524. The van der Waals surface area contributed by atoms with Gasteiger partial charge in [-0.25, -0.2) is 4.79 Å². The minimum absolute atomic E-state index is 0.0108. The zero-order valence-corrected chi connectivity index (χ0v) is 22.2. The number of carbonyl (C=O) groups is 1. The van der Waals surface area contributed by atoms with E-state index in [1.54, 1.807) is 37.6 Å². The van der Waals surface area contributed by atoms with E-state index in [1.165, 1.54) is 4.88 Å². The molecule has 2 aliphatic rings. The van der Waals surface area contributed by atoms with Gasteiger partial charge in [0.2, 0.25) is 5.43 Å². The average Bonchev–Trinajstić information content (AvgIpc) is 3.59. The van der Waals surface area contributed by atoms with Crippen molar-refractivity contribution in [2.75, 3.05) is 26.6 Å². The third-order valence-corrected chi connectivity index (χ3v) is 8.58. The van der Waals surface area contributed by atoms with E-state index in [4.69, 9.17) is 13.7 Å². The van der Waals surface area contributed by atoms with Gasteiger partial charge in [0.1, 0.15) is 5.56 Å². The Kier molecular flexibility index (Phi) is 6.69. The number of thiophene rings is 1. The summed E-state index contributed by atoms with van der Waals surface area (Å²) < 4.78 is 41.3. The smallest absolute Gasteiger partial charge is 0.343 e. The molecule has 2 aromatic heterocycles. The van der Waals surface area contributed by atoms with Crippen LogP contribution in [0.1, 0.15) is 65.4 Å². The maximum atomic E-state index is 13.3. The molecule has 0 N–H and O–H groups in total. The predicted octanol–water partition coefficient (Wildman–Crippen LogP) is 4.65. The molecule has 0 aliphatic heterocycles. The summed E-state index contributed by atoms with van der Waals surface area (Å²) in [5.41, 5.74) is 2.33. The van der Waals surface area contributed by atoms with Crippen molar-refractivity contribution in [3.05, 3.63) is 50.6 Å². The molecule has 2 heterocycles. The second-order valence-electron chi connectivity index (χ2n) is 9.34. The molecule has 36 heavy (non-hydrogen) atoms. The van der Waals surface area contributed by atoms with Crippen LogP contribution in [0.3, 0.4) is 0 Å². The maximum absolute atomic E-state index is 13.3. The largest absolute Gasteiger partial charge is 0.494 e. The molecule has 1 atom stereocenters. The molecule has 192 valence electrons. The number of nitrogens with zero attached hydrogens (tertiary/aromatic N) is 1. The molecule has 5 rings (SSSR count). The van der Waals surface area contributed by atoms with Crippen LogP contribution in [-0.2, 0) is 25.5 Å². The Morgan fingerprint density at radius 2 is 2.00 bits per heavy atom. The number of methoxy groups -OCH3 is 1. The van der Waals surface area contributed by atoms with Crippen LogP contribution in [0.5, 0.6) is 5.75 Å². The summed E-state index contributed by atoms with van der Waals surface area (Å²) in [7, 11) is -1.92. The highest BCUT2D eigenvalue weighted by Gasteiger charge is 2.31. The second kappa shape index (κ2) is 9.64. The van der Waals surface area contributed by atoms with Gasteiger partial charge in [-0.3, -0.25) is 8.98 Å². The third-order valence-electron chi connectivity index (χ3n) is 6.77. The van der Waals surface area contributed by atoms with Gasteiger partial charge in [0.25, 0.3) is 10.1 Å². The van der Waals surface area contributed by atoms with Crippen molar-refractivity contribution in [2.45, 2.75) is 51.0 Å². The number of hydrogen-bond acceptors (Lipinski definition) is 8. The lowest BCUT2D eigenvalue weighted by atomic mass is 9.88. The summed E-state index contributed by atoms with van der Waals surface area (Å²) in [5, 5.41) is 0.425. The van der Waals surface area contributed by atoms with Crippen LogP contribution in [-0.4, -0.2) is 45.5 Å². The number of aromatic nitrogens is 1. The van der Waals surface area contributed by atoms with E-state index < -0.39 is 16.1 Å². The fourth-order valence-electron chi connectivity index (χ4n) is 4.97. The van der Waals surface area contributed by atoms with Crippen LogP contribution >= 0.6 is 11.3 Å². The number of aryl methyl sites for hydroxylation is 1. The molecule has 0 bridgehead atoms. The Hall–Kier alpha value is -2.69. The first-order valence-corrected chi connectivity index (χ1v) is 14.8. The number of rotatable bonds is 8. The number of esters is 1. The molecule has 2 aliphatic carbocycles. The van der Waals surface area contributed by atoms with Crippen molar-refractivity contribution in [2.24, 2.45) is 0 Å². The molecular weight excluding hydrogens is 502 g/mol. The number of hydrogen-bond donors (Lipinski definition) is 0. The predicted molar refractivity (Wildman–Crippen MR) is 139 cm³/mol. The lowest BCUT2D eigenvalue weighted by Crippen LogP contribution is -2.21. The fraction of sp³-hybridized carbons (Fsp3) is 0.462. The molecule has 1 unspecified atom stereocenters. The minimum atomic E-state index is -3.51. The highest BCUT2D eigenvalue weighted by Crippen LogP contribution is 2.47. The SMILES string of the molecule is CCOC(=O)c1cn(C2CC2)c2c(OC)c(-c3cc4c(s3)CCCC4COS(C)(=O)=O)ccc2c1=O. The van der Waals surface area contributed by atoms with Crippen LogP contribution in [0.4, 0.5) is 0 Å². The van der Waals surface area contributed by atoms with Crippen LogP contribution in [0.2, 0.25) is 0 Å². The quantitative estimate of drug-likeness (QED) is 0.308. The van der Waals surface area contributed by atoms with E-state index in [0.717, 1.165) is 54.4 Å². The van der Waals surface area contributed by atoms with Gasteiger partial charge >= 0.3 is 5.97 Å². The second-order valence-corrected chi connectivity index (χ2v) is 12.1. The van der Waals surface area contributed by atoms with E-state index in [9.17, 15) is 18.0 Å². The van der Waals surface area contributed by atoms with Gasteiger partial charge < -0.3 is 14.0 Å². The third kappa shape index (κ3) is 4.69. The first kappa shape index (κ1) is 25.0. The zero-order valence-electron chi connectivity index (χ0n) is 20.5. The van der Waals surface area contributed by atoms with Crippen LogP contribution in [0.25, 0.3) is 21.3 Å². The fourth-order valence-corrected chi connectivity index (χ4v) is 6.70. The molecule has 1 aromatic carbocycles.